The number of aromatic nitrogens is 2. The number of rotatable bonds is 4. The molecule has 1 aliphatic heterocycles. The van der Waals surface area contributed by atoms with Crippen LogP contribution in [0.15, 0.2) is 29.3 Å². The quantitative estimate of drug-likeness (QED) is 0.619. The molecule has 1 amide bonds. The zero-order chi connectivity index (χ0) is 17.1. The zero-order valence-electron chi connectivity index (χ0n) is 14.7. The van der Waals surface area contributed by atoms with Gasteiger partial charge in [0.2, 0.25) is 5.91 Å². The maximum Gasteiger partial charge on any atom is 0.232 e. The van der Waals surface area contributed by atoms with Gasteiger partial charge >= 0.3 is 0 Å². The van der Waals surface area contributed by atoms with Crippen LogP contribution in [0.1, 0.15) is 45.4 Å². The summed E-state index contributed by atoms with van der Waals surface area (Å²) in [6, 6.07) is 8.05. The highest BCUT2D eigenvalue weighted by Gasteiger charge is 2.21. The zero-order valence-corrected chi connectivity index (χ0v) is 15.5. The van der Waals surface area contributed by atoms with Gasteiger partial charge in [0, 0.05) is 24.4 Å². The molecule has 0 radical (unpaired) electrons. The van der Waals surface area contributed by atoms with E-state index < -0.39 is 0 Å². The Morgan fingerprint density at radius 3 is 2.88 bits per heavy atom. The van der Waals surface area contributed by atoms with E-state index in [1.54, 1.807) is 11.8 Å². The van der Waals surface area contributed by atoms with Crippen LogP contribution in [0.3, 0.4) is 0 Å². The predicted octanol–water partition coefficient (Wildman–Crippen LogP) is 4.10. The van der Waals surface area contributed by atoms with E-state index in [1.807, 2.05) is 29.2 Å². The fourth-order valence-electron chi connectivity index (χ4n) is 3.07. The van der Waals surface area contributed by atoms with Crippen LogP contribution in [-0.2, 0) is 4.79 Å². The summed E-state index contributed by atoms with van der Waals surface area (Å²) in [5.74, 6) is 2.40. The Kier molecular flexibility index (Phi) is 5.39. The number of likely N-dealkylation sites (tertiary alicyclic amines) is 1. The Labute approximate surface area is 148 Å². The number of benzene rings is 1. The average molecular weight is 343 g/mol. The van der Waals surface area contributed by atoms with E-state index in [4.69, 9.17) is 4.98 Å². The lowest BCUT2D eigenvalue weighted by Gasteiger charge is -2.30. The molecule has 1 aliphatic rings. The maximum absolute atomic E-state index is 12.5. The molecule has 1 atom stereocenters. The monoisotopic (exact) mass is 343 g/mol. The van der Waals surface area contributed by atoms with Crippen LogP contribution in [0, 0.1) is 5.92 Å². The summed E-state index contributed by atoms with van der Waals surface area (Å²) in [5.41, 5.74) is 0.956. The Balaban J connectivity index is 1.78. The summed E-state index contributed by atoms with van der Waals surface area (Å²) < 4.78 is 0. The van der Waals surface area contributed by atoms with Crippen molar-refractivity contribution < 1.29 is 4.79 Å². The molecule has 1 aromatic carbocycles. The third kappa shape index (κ3) is 3.89. The van der Waals surface area contributed by atoms with E-state index in [2.05, 4.69) is 25.8 Å². The van der Waals surface area contributed by atoms with Gasteiger partial charge in [-0.15, -0.1) is 0 Å². The molecule has 0 bridgehead atoms. The Morgan fingerprint density at radius 2 is 2.12 bits per heavy atom. The number of carbonyl (C=O) groups is 1. The van der Waals surface area contributed by atoms with Crippen molar-refractivity contribution in [3.05, 3.63) is 30.1 Å². The summed E-state index contributed by atoms with van der Waals surface area (Å²) in [7, 11) is 0. The molecule has 128 valence electrons. The fourth-order valence-corrected chi connectivity index (χ4v) is 4.00. The van der Waals surface area contributed by atoms with Gasteiger partial charge in [0.25, 0.3) is 0 Å². The molecule has 3 rings (SSSR count). The van der Waals surface area contributed by atoms with Crippen LogP contribution in [0.4, 0.5) is 0 Å². The number of nitrogens with zero attached hydrogens (tertiary/aromatic N) is 3. The minimum absolute atomic E-state index is 0.223. The van der Waals surface area contributed by atoms with Crippen LogP contribution in [0.5, 0.6) is 0 Å². The third-order valence-electron chi connectivity index (χ3n) is 4.44. The van der Waals surface area contributed by atoms with Gasteiger partial charge in [0.15, 0.2) is 0 Å². The summed E-state index contributed by atoms with van der Waals surface area (Å²) in [6.45, 7) is 8.20. The second-order valence-corrected chi connectivity index (χ2v) is 7.90. The maximum atomic E-state index is 12.5. The van der Waals surface area contributed by atoms with E-state index in [1.165, 1.54) is 6.42 Å². The molecule has 1 saturated heterocycles. The molecule has 0 saturated carbocycles. The molecule has 2 heterocycles. The molecule has 2 aromatic rings. The highest BCUT2D eigenvalue weighted by Crippen LogP contribution is 2.27. The number of hydrogen-bond acceptors (Lipinski definition) is 4. The van der Waals surface area contributed by atoms with Gasteiger partial charge < -0.3 is 4.90 Å². The summed E-state index contributed by atoms with van der Waals surface area (Å²) >= 11 is 1.54. The molecule has 0 spiro atoms. The number of amides is 1. The van der Waals surface area contributed by atoms with Crippen molar-refractivity contribution in [2.24, 2.45) is 5.92 Å². The molecule has 1 unspecified atom stereocenters. The summed E-state index contributed by atoms with van der Waals surface area (Å²) in [5, 5.41) is 1.95. The first-order valence-corrected chi connectivity index (χ1v) is 9.70. The number of carbonyl (C=O) groups excluding carboxylic acids is 1. The Morgan fingerprint density at radius 1 is 1.33 bits per heavy atom. The topological polar surface area (TPSA) is 46.1 Å². The second kappa shape index (κ2) is 7.51. The molecule has 0 N–H and O–H groups in total. The Bertz CT molecular complexity index is 732. The van der Waals surface area contributed by atoms with Gasteiger partial charge in [-0.05, 0) is 24.8 Å². The smallest absolute Gasteiger partial charge is 0.232 e. The van der Waals surface area contributed by atoms with Gasteiger partial charge in [0.05, 0.1) is 11.3 Å². The van der Waals surface area contributed by atoms with E-state index in [0.717, 1.165) is 41.3 Å². The standard InChI is InChI=1S/C19H25N3OS/c1-13(2)18-20-16-9-5-4-8-15(16)19(21-18)24-12-17(23)22-10-6-7-14(3)11-22/h4-5,8-9,13-14H,6-7,10-12H2,1-3H3. The lowest BCUT2D eigenvalue weighted by Crippen LogP contribution is -2.40. The van der Waals surface area contributed by atoms with Crippen LogP contribution in [-0.4, -0.2) is 39.6 Å². The molecular formula is C19H25N3OS. The lowest BCUT2D eigenvalue weighted by molar-refractivity contribution is -0.130. The van der Waals surface area contributed by atoms with Crippen LogP contribution in [0.2, 0.25) is 0 Å². The molecular weight excluding hydrogens is 318 g/mol. The van der Waals surface area contributed by atoms with Crippen molar-refractivity contribution >= 4 is 28.6 Å². The van der Waals surface area contributed by atoms with Crippen molar-refractivity contribution in [1.82, 2.24) is 14.9 Å². The van der Waals surface area contributed by atoms with Crippen molar-refractivity contribution in [2.75, 3.05) is 18.8 Å². The number of fused-ring (bicyclic) bond motifs is 1. The molecule has 24 heavy (non-hydrogen) atoms. The number of para-hydroxylation sites is 1. The van der Waals surface area contributed by atoms with Crippen molar-refractivity contribution in [3.8, 4) is 0 Å². The largest absolute Gasteiger partial charge is 0.342 e. The molecule has 1 fully saturated rings. The van der Waals surface area contributed by atoms with E-state index in [-0.39, 0.29) is 11.8 Å². The number of thioether (sulfide) groups is 1. The van der Waals surface area contributed by atoms with Crippen LogP contribution < -0.4 is 0 Å². The van der Waals surface area contributed by atoms with Gasteiger partial charge in [-0.2, -0.15) is 0 Å². The lowest BCUT2D eigenvalue weighted by atomic mass is 10.0. The normalized spacial score (nSPS) is 18.3. The first-order chi connectivity index (χ1) is 11.5. The first kappa shape index (κ1) is 17.2. The van der Waals surface area contributed by atoms with Crippen molar-refractivity contribution in [3.63, 3.8) is 0 Å². The molecule has 1 aromatic heterocycles. The van der Waals surface area contributed by atoms with Gasteiger partial charge in [-0.1, -0.05) is 50.7 Å². The van der Waals surface area contributed by atoms with E-state index in [9.17, 15) is 4.79 Å². The fraction of sp³-hybridized carbons (Fsp3) is 0.526. The van der Waals surface area contributed by atoms with Gasteiger partial charge in [-0.3, -0.25) is 4.79 Å². The van der Waals surface area contributed by atoms with E-state index >= 15 is 0 Å². The Hall–Kier alpha value is -1.62. The van der Waals surface area contributed by atoms with Gasteiger partial charge in [-0.25, -0.2) is 9.97 Å². The third-order valence-corrected chi connectivity index (χ3v) is 5.42. The van der Waals surface area contributed by atoms with Crippen LogP contribution >= 0.6 is 11.8 Å². The van der Waals surface area contributed by atoms with Crippen LogP contribution in [0.25, 0.3) is 10.9 Å². The molecule has 0 aliphatic carbocycles. The second-order valence-electron chi connectivity index (χ2n) is 6.93. The molecule has 5 heteroatoms. The predicted molar refractivity (Wildman–Crippen MR) is 99.3 cm³/mol. The number of hydrogen-bond donors (Lipinski definition) is 0. The average Bonchev–Trinajstić information content (AvgIpc) is 2.59. The van der Waals surface area contributed by atoms with Crippen molar-refractivity contribution in [1.29, 1.82) is 0 Å². The SMILES string of the molecule is CC1CCCN(C(=O)CSc2nc(C(C)C)nc3ccccc23)C1. The van der Waals surface area contributed by atoms with E-state index in [0.29, 0.717) is 11.7 Å². The van der Waals surface area contributed by atoms with Gasteiger partial charge in [0.1, 0.15) is 10.9 Å². The highest BCUT2D eigenvalue weighted by atomic mass is 32.2. The molecule has 4 nitrogen and oxygen atoms in total. The minimum Gasteiger partial charge on any atom is -0.342 e. The first-order valence-electron chi connectivity index (χ1n) is 8.72. The van der Waals surface area contributed by atoms with Crippen molar-refractivity contribution in [2.45, 2.75) is 44.6 Å². The summed E-state index contributed by atoms with van der Waals surface area (Å²) in [4.78, 5) is 23.9. The minimum atomic E-state index is 0.223. The number of piperidine rings is 1. The summed E-state index contributed by atoms with van der Waals surface area (Å²) in [6.07, 6.45) is 2.34. The highest BCUT2D eigenvalue weighted by molar-refractivity contribution is 8.00.